The fourth-order valence-corrected chi connectivity index (χ4v) is 3.03. The van der Waals surface area contributed by atoms with Crippen molar-refractivity contribution in [2.45, 2.75) is 20.4 Å². The lowest BCUT2D eigenvalue weighted by molar-refractivity contribution is 0.0784. The standard InChI is InChI=1S/C19H18ClFN2O/c1-11-12(2)22-18-8-7-13(9-14(11)18)19(24)23(3)10-15-16(20)5-4-6-17(15)21/h4-9,22H,10H2,1-3H3. The maximum Gasteiger partial charge on any atom is 0.253 e. The predicted octanol–water partition coefficient (Wildman–Crippen LogP) is 4.85. The molecule has 1 aromatic heterocycles. The number of aryl methyl sites for hydroxylation is 2. The molecular formula is C19H18ClFN2O. The Labute approximate surface area is 145 Å². The van der Waals surface area contributed by atoms with Crippen molar-refractivity contribution in [1.29, 1.82) is 0 Å². The molecule has 0 aliphatic heterocycles. The van der Waals surface area contributed by atoms with E-state index in [0.29, 0.717) is 16.1 Å². The molecule has 0 aliphatic rings. The number of H-pyrrole nitrogens is 1. The van der Waals surface area contributed by atoms with Crippen LogP contribution in [0.5, 0.6) is 0 Å². The van der Waals surface area contributed by atoms with Gasteiger partial charge in [0.05, 0.1) is 0 Å². The van der Waals surface area contributed by atoms with Crippen LogP contribution in [0.15, 0.2) is 36.4 Å². The topological polar surface area (TPSA) is 36.1 Å². The van der Waals surface area contributed by atoms with Crippen LogP contribution in [0.4, 0.5) is 4.39 Å². The number of aromatic amines is 1. The van der Waals surface area contributed by atoms with Crippen molar-refractivity contribution >= 4 is 28.4 Å². The maximum atomic E-state index is 13.9. The van der Waals surface area contributed by atoms with Crippen molar-refractivity contribution < 1.29 is 9.18 Å². The summed E-state index contributed by atoms with van der Waals surface area (Å²) in [6.45, 7) is 4.14. The van der Waals surface area contributed by atoms with Crippen molar-refractivity contribution in [2.24, 2.45) is 0 Å². The molecule has 1 N–H and O–H groups in total. The van der Waals surface area contributed by atoms with Gasteiger partial charge in [-0.05, 0) is 49.7 Å². The van der Waals surface area contributed by atoms with E-state index in [1.165, 1.54) is 11.0 Å². The number of aromatic nitrogens is 1. The summed E-state index contributed by atoms with van der Waals surface area (Å²) in [6.07, 6.45) is 0. The SMILES string of the molecule is Cc1[nH]c2ccc(C(=O)N(C)Cc3c(F)cccc3Cl)cc2c1C. The summed E-state index contributed by atoms with van der Waals surface area (Å²) in [5.41, 5.74) is 4.10. The molecule has 0 unspecified atom stereocenters. The zero-order valence-corrected chi connectivity index (χ0v) is 14.5. The lowest BCUT2D eigenvalue weighted by Gasteiger charge is -2.18. The third-order valence-electron chi connectivity index (χ3n) is 4.36. The van der Waals surface area contributed by atoms with Crippen molar-refractivity contribution in [3.8, 4) is 0 Å². The Balaban J connectivity index is 1.89. The Bertz CT molecular complexity index is 912. The molecule has 0 radical (unpaired) electrons. The van der Waals surface area contributed by atoms with E-state index in [1.807, 2.05) is 26.0 Å². The highest BCUT2D eigenvalue weighted by Gasteiger charge is 2.17. The van der Waals surface area contributed by atoms with Gasteiger partial charge in [-0.2, -0.15) is 0 Å². The van der Waals surface area contributed by atoms with Gasteiger partial charge in [0.15, 0.2) is 0 Å². The highest BCUT2D eigenvalue weighted by molar-refractivity contribution is 6.31. The molecule has 0 spiro atoms. The van der Waals surface area contributed by atoms with E-state index in [1.54, 1.807) is 25.2 Å². The Kier molecular flexibility index (Phi) is 4.33. The second kappa shape index (κ2) is 6.29. The van der Waals surface area contributed by atoms with Gasteiger partial charge in [-0.25, -0.2) is 4.39 Å². The minimum absolute atomic E-state index is 0.119. The summed E-state index contributed by atoms with van der Waals surface area (Å²) in [6, 6.07) is 10.1. The molecule has 124 valence electrons. The molecule has 0 aliphatic carbocycles. The highest BCUT2D eigenvalue weighted by Crippen LogP contribution is 2.24. The van der Waals surface area contributed by atoms with Gasteiger partial charge >= 0.3 is 0 Å². The van der Waals surface area contributed by atoms with E-state index in [4.69, 9.17) is 11.6 Å². The van der Waals surface area contributed by atoms with Gasteiger partial charge in [-0.1, -0.05) is 17.7 Å². The van der Waals surface area contributed by atoms with Gasteiger partial charge in [0.2, 0.25) is 0 Å². The maximum absolute atomic E-state index is 13.9. The van der Waals surface area contributed by atoms with Gasteiger partial charge in [0.25, 0.3) is 5.91 Å². The number of nitrogens with zero attached hydrogens (tertiary/aromatic N) is 1. The zero-order valence-electron chi connectivity index (χ0n) is 13.8. The molecule has 0 saturated carbocycles. The van der Waals surface area contributed by atoms with E-state index in [2.05, 4.69) is 4.98 Å². The van der Waals surface area contributed by atoms with Crippen molar-refractivity contribution in [3.63, 3.8) is 0 Å². The number of carbonyl (C=O) groups is 1. The first kappa shape index (κ1) is 16.5. The fourth-order valence-electron chi connectivity index (χ4n) is 2.81. The molecular weight excluding hydrogens is 327 g/mol. The van der Waals surface area contributed by atoms with Crippen LogP contribution in [0, 0.1) is 19.7 Å². The summed E-state index contributed by atoms with van der Waals surface area (Å²) < 4.78 is 13.9. The number of amides is 1. The quantitative estimate of drug-likeness (QED) is 0.724. The lowest BCUT2D eigenvalue weighted by atomic mass is 10.1. The van der Waals surface area contributed by atoms with Gasteiger partial charge in [0.1, 0.15) is 5.82 Å². The fraction of sp³-hybridized carbons (Fsp3) is 0.211. The molecule has 0 bridgehead atoms. The van der Waals surface area contributed by atoms with Crippen LogP contribution in [0.2, 0.25) is 5.02 Å². The molecule has 3 aromatic rings. The van der Waals surface area contributed by atoms with Gasteiger partial charge < -0.3 is 9.88 Å². The Morgan fingerprint density at radius 1 is 1.25 bits per heavy atom. The van der Waals surface area contributed by atoms with Crippen molar-refractivity contribution in [1.82, 2.24) is 9.88 Å². The first-order chi connectivity index (χ1) is 11.4. The van der Waals surface area contributed by atoms with Crippen molar-refractivity contribution in [2.75, 3.05) is 7.05 Å². The highest BCUT2D eigenvalue weighted by atomic mass is 35.5. The number of hydrogen-bond acceptors (Lipinski definition) is 1. The first-order valence-corrected chi connectivity index (χ1v) is 8.03. The zero-order chi connectivity index (χ0) is 17.4. The molecule has 1 heterocycles. The smallest absolute Gasteiger partial charge is 0.253 e. The van der Waals surface area contributed by atoms with Gasteiger partial charge in [-0.15, -0.1) is 0 Å². The molecule has 2 aromatic carbocycles. The molecule has 3 nitrogen and oxygen atoms in total. The minimum atomic E-state index is -0.408. The van der Waals surface area contributed by atoms with Crippen molar-refractivity contribution in [3.05, 3.63) is 69.6 Å². The monoisotopic (exact) mass is 344 g/mol. The second-order valence-electron chi connectivity index (χ2n) is 6.00. The molecule has 0 saturated heterocycles. The van der Waals surface area contributed by atoms with Crippen LogP contribution in [0.1, 0.15) is 27.2 Å². The van der Waals surface area contributed by atoms with Gasteiger partial charge in [0, 0.05) is 46.3 Å². The number of benzene rings is 2. The number of rotatable bonds is 3. The summed E-state index contributed by atoms with van der Waals surface area (Å²) in [5.74, 6) is -0.579. The molecule has 3 rings (SSSR count). The van der Waals surface area contributed by atoms with Crippen LogP contribution < -0.4 is 0 Å². The number of fused-ring (bicyclic) bond motifs is 1. The van der Waals surface area contributed by atoms with E-state index in [-0.39, 0.29) is 12.5 Å². The third kappa shape index (κ3) is 2.89. The summed E-state index contributed by atoms with van der Waals surface area (Å²) >= 11 is 6.04. The second-order valence-corrected chi connectivity index (χ2v) is 6.40. The average Bonchev–Trinajstić information content (AvgIpc) is 2.84. The van der Waals surface area contributed by atoms with E-state index in [0.717, 1.165) is 22.2 Å². The molecule has 5 heteroatoms. The number of nitrogens with one attached hydrogen (secondary N) is 1. The Morgan fingerprint density at radius 2 is 2.00 bits per heavy atom. The number of hydrogen-bond donors (Lipinski definition) is 1. The predicted molar refractivity (Wildman–Crippen MR) is 95.0 cm³/mol. The lowest BCUT2D eigenvalue weighted by Crippen LogP contribution is -2.26. The van der Waals surface area contributed by atoms with Crippen LogP contribution in [0.25, 0.3) is 10.9 Å². The number of carbonyl (C=O) groups excluding carboxylic acids is 1. The Morgan fingerprint density at radius 3 is 2.71 bits per heavy atom. The van der Waals surface area contributed by atoms with E-state index < -0.39 is 5.82 Å². The molecule has 24 heavy (non-hydrogen) atoms. The summed E-state index contributed by atoms with van der Waals surface area (Å²) in [5, 5.41) is 1.35. The van der Waals surface area contributed by atoms with Crippen LogP contribution in [-0.4, -0.2) is 22.8 Å². The van der Waals surface area contributed by atoms with Crippen LogP contribution in [0.3, 0.4) is 0 Å². The molecule has 0 fully saturated rings. The van der Waals surface area contributed by atoms with E-state index >= 15 is 0 Å². The first-order valence-electron chi connectivity index (χ1n) is 7.65. The Hall–Kier alpha value is -2.33. The largest absolute Gasteiger partial charge is 0.358 e. The summed E-state index contributed by atoms with van der Waals surface area (Å²) in [4.78, 5) is 17.4. The molecule has 0 atom stereocenters. The normalized spacial score (nSPS) is 11.0. The minimum Gasteiger partial charge on any atom is -0.358 e. The van der Waals surface area contributed by atoms with Gasteiger partial charge in [-0.3, -0.25) is 4.79 Å². The third-order valence-corrected chi connectivity index (χ3v) is 4.71. The van der Waals surface area contributed by atoms with E-state index in [9.17, 15) is 9.18 Å². The molecule has 1 amide bonds. The summed E-state index contributed by atoms with van der Waals surface area (Å²) in [7, 11) is 1.64. The van der Waals surface area contributed by atoms with Crippen LogP contribution in [-0.2, 0) is 6.54 Å². The van der Waals surface area contributed by atoms with Crippen LogP contribution >= 0.6 is 11.6 Å². The number of halogens is 2. The average molecular weight is 345 g/mol.